The fourth-order valence-corrected chi connectivity index (χ4v) is 3.46. The molecule has 2 unspecified atom stereocenters. The van der Waals surface area contributed by atoms with Crippen LogP contribution in [0.1, 0.15) is 31.7 Å². The number of Topliss-reactive ketones (excluding diaryl/α,β-unsaturated/α-hetero) is 1. The Labute approximate surface area is 115 Å². The molecule has 2 heteroatoms. The molecule has 0 aromatic heterocycles. The Morgan fingerprint density at radius 2 is 2.11 bits per heavy atom. The number of fused-ring (bicyclic) bond motifs is 2. The van der Waals surface area contributed by atoms with Crippen LogP contribution in [0.5, 0.6) is 0 Å². The normalized spacial score (nSPS) is 29.7. The highest BCUT2D eigenvalue weighted by atomic mass is 16.1. The van der Waals surface area contributed by atoms with Crippen LogP contribution in [0.3, 0.4) is 0 Å². The van der Waals surface area contributed by atoms with E-state index in [4.69, 9.17) is 0 Å². The lowest BCUT2D eigenvalue weighted by molar-refractivity contribution is -0.126. The summed E-state index contributed by atoms with van der Waals surface area (Å²) in [5.74, 6) is 0.680. The van der Waals surface area contributed by atoms with Crippen molar-refractivity contribution in [2.75, 3.05) is 6.54 Å². The topological polar surface area (TPSA) is 20.3 Å². The van der Waals surface area contributed by atoms with E-state index in [0.29, 0.717) is 11.8 Å². The summed E-state index contributed by atoms with van der Waals surface area (Å²) in [6, 6.07) is 11.2. The van der Waals surface area contributed by atoms with Gasteiger partial charge in [-0.15, -0.1) is 0 Å². The quantitative estimate of drug-likeness (QED) is 0.756. The largest absolute Gasteiger partial charge is 0.299 e. The van der Waals surface area contributed by atoms with Gasteiger partial charge in [0.25, 0.3) is 0 Å². The molecule has 1 aromatic carbocycles. The number of hydrogen-bond acceptors (Lipinski definition) is 2. The summed E-state index contributed by atoms with van der Waals surface area (Å²) in [5, 5.41) is 0. The van der Waals surface area contributed by atoms with Gasteiger partial charge in [0.05, 0.1) is 0 Å². The van der Waals surface area contributed by atoms with E-state index in [1.165, 1.54) is 11.1 Å². The standard InChI is InChI=1S/C17H21NO/c1-2-14-12-18(11-13-6-4-3-5-7-13)15-8-9-17(19)16(14)10-15/h2-7,15-16H,8-12H2,1H3/b14-2+. The van der Waals surface area contributed by atoms with Gasteiger partial charge < -0.3 is 0 Å². The van der Waals surface area contributed by atoms with Gasteiger partial charge in [0.15, 0.2) is 0 Å². The maximum atomic E-state index is 12.0. The van der Waals surface area contributed by atoms with E-state index in [1.807, 2.05) is 0 Å². The van der Waals surface area contributed by atoms with Crippen molar-refractivity contribution in [2.45, 2.75) is 38.8 Å². The molecule has 1 saturated carbocycles. The Hall–Kier alpha value is -1.41. The van der Waals surface area contributed by atoms with E-state index in [1.54, 1.807) is 0 Å². The first kappa shape index (κ1) is 12.6. The lowest BCUT2D eigenvalue weighted by atomic mass is 9.75. The molecule has 3 rings (SSSR count). The molecule has 0 radical (unpaired) electrons. The van der Waals surface area contributed by atoms with E-state index in [0.717, 1.165) is 32.4 Å². The van der Waals surface area contributed by atoms with Crippen molar-refractivity contribution in [1.82, 2.24) is 4.90 Å². The Kier molecular flexibility index (Phi) is 3.52. The minimum Gasteiger partial charge on any atom is -0.299 e. The number of carbonyl (C=O) groups is 1. The van der Waals surface area contributed by atoms with Crippen molar-refractivity contribution in [3.8, 4) is 0 Å². The average molecular weight is 255 g/mol. The summed E-state index contributed by atoms with van der Waals surface area (Å²) in [6.07, 6.45) is 4.99. The summed E-state index contributed by atoms with van der Waals surface area (Å²) in [4.78, 5) is 14.5. The highest BCUT2D eigenvalue weighted by Gasteiger charge is 2.38. The molecule has 1 saturated heterocycles. The zero-order valence-electron chi connectivity index (χ0n) is 11.5. The van der Waals surface area contributed by atoms with Crippen molar-refractivity contribution in [1.29, 1.82) is 0 Å². The van der Waals surface area contributed by atoms with Crippen LogP contribution in [0.2, 0.25) is 0 Å². The number of piperidine rings is 1. The number of benzene rings is 1. The molecule has 2 fully saturated rings. The molecular weight excluding hydrogens is 234 g/mol. The summed E-state index contributed by atoms with van der Waals surface area (Å²) < 4.78 is 0. The molecule has 2 atom stereocenters. The van der Waals surface area contributed by atoms with Crippen LogP contribution in [0.25, 0.3) is 0 Å². The van der Waals surface area contributed by atoms with Crippen LogP contribution in [-0.2, 0) is 11.3 Å². The lowest BCUT2D eigenvalue weighted by Gasteiger charge is -2.44. The number of nitrogens with zero attached hydrogens (tertiary/aromatic N) is 1. The third-order valence-electron chi connectivity index (χ3n) is 4.57. The van der Waals surface area contributed by atoms with E-state index >= 15 is 0 Å². The smallest absolute Gasteiger partial charge is 0.140 e. The van der Waals surface area contributed by atoms with Crippen LogP contribution in [0.4, 0.5) is 0 Å². The van der Waals surface area contributed by atoms with E-state index in [2.05, 4.69) is 48.2 Å². The minimum absolute atomic E-state index is 0.218. The van der Waals surface area contributed by atoms with E-state index in [9.17, 15) is 4.79 Å². The second-order valence-electron chi connectivity index (χ2n) is 5.70. The van der Waals surface area contributed by atoms with Crippen molar-refractivity contribution in [3.63, 3.8) is 0 Å². The molecule has 2 bridgehead atoms. The Morgan fingerprint density at radius 3 is 2.84 bits per heavy atom. The van der Waals surface area contributed by atoms with Crippen LogP contribution in [0, 0.1) is 5.92 Å². The first-order valence-corrected chi connectivity index (χ1v) is 7.23. The summed E-state index contributed by atoms with van der Waals surface area (Å²) in [5.41, 5.74) is 2.70. The first-order valence-electron chi connectivity index (χ1n) is 7.23. The van der Waals surface area contributed by atoms with Gasteiger partial charge in [0, 0.05) is 31.5 Å². The molecule has 2 aliphatic rings. The molecular formula is C17H21NO. The van der Waals surface area contributed by atoms with Gasteiger partial charge in [-0.3, -0.25) is 9.69 Å². The van der Waals surface area contributed by atoms with Crippen molar-refractivity contribution in [3.05, 3.63) is 47.5 Å². The van der Waals surface area contributed by atoms with Crippen LogP contribution >= 0.6 is 0 Å². The predicted octanol–water partition coefficient (Wildman–Crippen LogP) is 3.19. The van der Waals surface area contributed by atoms with Crippen molar-refractivity contribution < 1.29 is 4.79 Å². The maximum absolute atomic E-state index is 12.0. The predicted molar refractivity (Wildman–Crippen MR) is 76.7 cm³/mol. The molecule has 19 heavy (non-hydrogen) atoms. The molecule has 0 N–H and O–H groups in total. The molecule has 1 aliphatic heterocycles. The molecule has 1 aromatic rings. The number of likely N-dealkylation sites (tertiary alicyclic amines) is 1. The number of allylic oxidation sites excluding steroid dienone is 1. The number of ketones is 1. The highest BCUT2D eigenvalue weighted by Crippen LogP contribution is 2.36. The lowest BCUT2D eigenvalue weighted by Crippen LogP contribution is -2.48. The van der Waals surface area contributed by atoms with Crippen molar-refractivity contribution in [2.24, 2.45) is 5.92 Å². The summed E-state index contributed by atoms with van der Waals surface area (Å²) in [6.45, 7) is 4.04. The highest BCUT2D eigenvalue weighted by molar-refractivity contribution is 5.85. The second-order valence-corrected chi connectivity index (χ2v) is 5.70. The van der Waals surface area contributed by atoms with Gasteiger partial charge in [-0.1, -0.05) is 36.4 Å². The monoisotopic (exact) mass is 255 g/mol. The van der Waals surface area contributed by atoms with Crippen LogP contribution in [0.15, 0.2) is 42.0 Å². The summed E-state index contributed by atoms with van der Waals surface area (Å²) >= 11 is 0. The molecule has 1 heterocycles. The van der Waals surface area contributed by atoms with Crippen LogP contribution < -0.4 is 0 Å². The second kappa shape index (κ2) is 5.30. The molecule has 0 amide bonds. The van der Waals surface area contributed by atoms with E-state index < -0.39 is 0 Å². The molecule has 0 spiro atoms. The third kappa shape index (κ3) is 2.50. The van der Waals surface area contributed by atoms with Gasteiger partial charge in [0.1, 0.15) is 5.78 Å². The van der Waals surface area contributed by atoms with Gasteiger partial charge in [-0.25, -0.2) is 0 Å². The van der Waals surface area contributed by atoms with Gasteiger partial charge in [-0.05, 0) is 30.9 Å². The molecule has 1 aliphatic carbocycles. The van der Waals surface area contributed by atoms with E-state index in [-0.39, 0.29) is 5.92 Å². The first-order chi connectivity index (χ1) is 9.28. The zero-order valence-corrected chi connectivity index (χ0v) is 11.5. The molecule has 100 valence electrons. The maximum Gasteiger partial charge on any atom is 0.140 e. The number of hydrogen-bond donors (Lipinski definition) is 0. The minimum atomic E-state index is 0.218. The fourth-order valence-electron chi connectivity index (χ4n) is 3.46. The molecule has 2 nitrogen and oxygen atoms in total. The van der Waals surface area contributed by atoms with Gasteiger partial charge in [-0.2, -0.15) is 0 Å². The zero-order chi connectivity index (χ0) is 13.2. The number of rotatable bonds is 2. The van der Waals surface area contributed by atoms with Crippen LogP contribution in [-0.4, -0.2) is 23.3 Å². The Morgan fingerprint density at radius 1 is 1.32 bits per heavy atom. The van der Waals surface area contributed by atoms with Gasteiger partial charge in [0.2, 0.25) is 0 Å². The van der Waals surface area contributed by atoms with Crippen molar-refractivity contribution >= 4 is 5.78 Å². The SMILES string of the molecule is C/C=C1\CN(Cc2ccccc2)C2CCC(=O)C1C2. The Balaban J connectivity index is 1.78. The average Bonchev–Trinajstić information content (AvgIpc) is 2.46. The number of carbonyl (C=O) groups excluding carboxylic acids is 1. The van der Waals surface area contributed by atoms with Gasteiger partial charge >= 0.3 is 0 Å². The fraction of sp³-hybridized carbons (Fsp3) is 0.471. The summed E-state index contributed by atoms with van der Waals surface area (Å²) in [7, 11) is 0. The third-order valence-corrected chi connectivity index (χ3v) is 4.57. The Bertz CT molecular complexity index is 491.